The van der Waals surface area contributed by atoms with E-state index in [1.165, 1.54) is 25.3 Å². The largest absolute Gasteiger partial charge is 0.465 e. The molecule has 9 heteroatoms. The number of methoxy groups -OCH3 is 1. The van der Waals surface area contributed by atoms with Crippen molar-refractivity contribution in [2.75, 3.05) is 29.5 Å². The lowest BCUT2D eigenvalue weighted by molar-refractivity contribution is -0.114. The maximum Gasteiger partial charge on any atom is 0.337 e. The normalized spacial score (nSPS) is 10.9. The van der Waals surface area contributed by atoms with Gasteiger partial charge in [-0.25, -0.2) is 13.2 Å². The van der Waals surface area contributed by atoms with Crippen LogP contribution in [-0.4, -0.2) is 40.2 Å². The monoisotopic (exact) mass is 396 g/mol. The maximum atomic E-state index is 12.4. The van der Waals surface area contributed by atoms with Crippen LogP contribution in [0.4, 0.5) is 11.4 Å². The zero-order chi connectivity index (χ0) is 19.3. The van der Waals surface area contributed by atoms with Crippen LogP contribution in [0.1, 0.15) is 10.4 Å². The van der Waals surface area contributed by atoms with Gasteiger partial charge in [0, 0.05) is 0 Å². The Labute approximate surface area is 156 Å². The van der Waals surface area contributed by atoms with Crippen LogP contribution in [0.15, 0.2) is 48.5 Å². The molecule has 0 saturated carbocycles. The van der Waals surface area contributed by atoms with E-state index in [0.717, 1.165) is 10.6 Å². The van der Waals surface area contributed by atoms with Crippen LogP contribution in [0.25, 0.3) is 0 Å². The topological polar surface area (TPSA) is 92.8 Å². The Morgan fingerprint density at radius 1 is 1.15 bits per heavy atom. The minimum atomic E-state index is -3.68. The summed E-state index contributed by atoms with van der Waals surface area (Å²) in [5.74, 6) is -1.19. The second-order valence-electron chi connectivity index (χ2n) is 5.34. The minimum Gasteiger partial charge on any atom is -0.465 e. The summed E-state index contributed by atoms with van der Waals surface area (Å²) in [5.41, 5.74) is 0.746. The molecule has 0 aliphatic heterocycles. The molecule has 138 valence electrons. The van der Waals surface area contributed by atoms with E-state index in [2.05, 4.69) is 10.1 Å². The quantitative estimate of drug-likeness (QED) is 0.757. The Morgan fingerprint density at radius 2 is 1.81 bits per heavy atom. The van der Waals surface area contributed by atoms with Crippen molar-refractivity contribution in [2.45, 2.75) is 0 Å². The molecule has 0 spiro atoms. The van der Waals surface area contributed by atoms with Gasteiger partial charge >= 0.3 is 5.97 Å². The number of nitrogens with one attached hydrogen (secondary N) is 1. The number of amides is 1. The van der Waals surface area contributed by atoms with E-state index in [1.807, 2.05) is 0 Å². The number of ether oxygens (including phenoxy) is 1. The molecule has 0 aliphatic carbocycles. The minimum absolute atomic E-state index is 0.182. The molecule has 0 bridgehead atoms. The third-order valence-electron chi connectivity index (χ3n) is 3.39. The molecule has 1 N–H and O–H groups in total. The molecule has 0 atom stereocenters. The van der Waals surface area contributed by atoms with Crippen molar-refractivity contribution in [2.24, 2.45) is 0 Å². The summed E-state index contributed by atoms with van der Waals surface area (Å²) in [4.78, 5) is 23.9. The lowest BCUT2D eigenvalue weighted by Crippen LogP contribution is -2.37. The number of esters is 1. The number of anilines is 2. The molecule has 2 aromatic rings. The lowest BCUT2D eigenvalue weighted by atomic mass is 10.2. The van der Waals surface area contributed by atoms with E-state index in [4.69, 9.17) is 11.6 Å². The number of rotatable bonds is 6. The van der Waals surface area contributed by atoms with Gasteiger partial charge in [-0.3, -0.25) is 9.10 Å². The zero-order valence-electron chi connectivity index (χ0n) is 14.1. The predicted octanol–water partition coefficient (Wildman–Crippen LogP) is 2.53. The van der Waals surface area contributed by atoms with Gasteiger partial charge in [0.05, 0.1) is 35.3 Å². The highest BCUT2D eigenvalue weighted by molar-refractivity contribution is 7.92. The van der Waals surface area contributed by atoms with E-state index in [1.54, 1.807) is 30.3 Å². The highest BCUT2D eigenvalue weighted by atomic mass is 35.5. The molecule has 0 heterocycles. The second-order valence-corrected chi connectivity index (χ2v) is 7.65. The van der Waals surface area contributed by atoms with E-state index in [9.17, 15) is 18.0 Å². The van der Waals surface area contributed by atoms with Gasteiger partial charge in [0.1, 0.15) is 6.54 Å². The molecule has 2 aromatic carbocycles. The van der Waals surface area contributed by atoms with Gasteiger partial charge in [-0.1, -0.05) is 29.8 Å². The van der Waals surface area contributed by atoms with Gasteiger partial charge < -0.3 is 10.1 Å². The van der Waals surface area contributed by atoms with Gasteiger partial charge in [0.15, 0.2) is 0 Å². The fourth-order valence-electron chi connectivity index (χ4n) is 2.18. The van der Waals surface area contributed by atoms with Crippen LogP contribution >= 0.6 is 11.6 Å². The van der Waals surface area contributed by atoms with Crippen LogP contribution in [0.2, 0.25) is 5.02 Å². The number of nitrogens with zero attached hydrogens (tertiary/aromatic N) is 1. The van der Waals surface area contributed by atoms with E-state index < -0.39 is 28.4 Å². The Hall–Kier alpha value is -2.58. The van der Waals surface area contributed by atoms with Gasteiger partial charge in [-0.15, -0.1) is 0 Å². The highest BCUT2D eigenvalue weighted by Gasteiger charge is 2.21. The van der Waals surface area contributed by atoms with E-state index >= 15 is 0 Å². The number of carbonyl (C=O) groups is 2. The number of benzene rings is 2. The van der Waals surface area contributed by atoms with Crippen molar-refractivity contribution in [3.8, 4) is 0 Å². The fourth-order valence-corrected chi connectivity index (χ4v) is 3.20. The number of hydrogen-bond acceptors (Lipinski definition) is 5. The van der Waals surface area contributed by atoms with Crippen molar-refractivity contribution in [3.05, 3.63) is 59.1 Å². The molecule has 0 aromatic heterocycles. The average Bonchev–Trinajstić information content (AvgIpc) is 2.60. The number of para-hydroxylation sites is 1. The molecule has 0 aliphatic rings. The smallest absolute Gasteiger partial charge is 0.337 e. The highest BCUT2D eigenvalue weighted by Crippen LogP contribution is 2.24. The predicted molar refractivity (Wildman–Crippen MR) is 100 cm³/mol. The molecular weight excluding hydrogens is 380 g/mol. The zero-order valence-corrected chi connectivity index (χ0v) is 15.7. The molecule has 0 saturated heterocycles. The number of hydrogen-bond donors (Lipinski definition) is 1. The van der Waals surface area contributed by atoms with Crippen LogP contribution in [0.3, 0.4) is 0 Å². The fraction of sp³-hybridized carbons (Fsp3) is 0.176. The summed E-state index contributed by atoms with van der Waals surface area (Å²) in [6, 6.07) is 12.5. The first-order valence-corrected chi connectivity index (χ1v) is 9.65. The maximum absolute atomic E-state index is 12.4. The summed E-state index contributed by atoms with van der Waals surface area (Å²) >= 11 is 6.03. The Balaban J connectivity index is 2.23. The standard InChI is InChI=1S/C17H17ClN2O5S/c1-25-17(22)12-8-9-14(18)15(10-12)19-16(21)11-20(26(2,23)24)13-6-4-3-5-7-13/h3-10H,11H2,1-2H3,(H,19,21). The summed E-state index contributed by atoms with van der Waals surface area (Å²) < 4.78 is 29.6. The third kappa shape index (κ3) is 4.96. The lowest BCUT2D eigenvalue weighted by Gasteiger charge is -2.22. The molecule has 1 amide bonds. The summed E-state index contributed by atoms with van der Waals surface area (Å²) in [6.07, 6.45) is 1.01. The van der Waals surface area contributed by atoms with E-state index in [0.29, 0.717) is 5.69 Å². The van der Waals surface area contributed by atoms with Crippen molar-refractivity contribution >= 4 is 44.9 Å². The number of halogens is 1. The van der Waals surface area contributed by atoms with Crippen LogP contribution in [-0.2, 0) is 19.6 Å². The second kappa shape index (κ2) is 8.20. The van der Waals surface area contributed by atoms with E-state index in [-0.39, 0.29) is 16.3 Å². The van der Waals surface area contributed by atoms with Gasteiger partial charge in [0.25, 0.3) is 0 Å². The van der Waals surface area contributed by atoms with Gasteiger partial charge in [-0.05, 0) is 30.3 Å². The van der Waals surface area contributed by atoms with Crippen LogP contribution in [0.5, 0.6) is 0 Å². The van der Waals surface area contributed by atoms with Gasteiger partial charge in [0.2, 0.25) is 15.9 Å². The van der Waals surface area contributed by atoms with Crippen molar-refractivity contribution in [1.82, 2.24) is 0 Å². The van der Waals surface area contributed by atoms with Crippen molar-refractivity contribution in [1.29, 1.82) is 0 Å². The SMILES string of the molecule is COC(=O)c1ccc(Cl)c(NC(=O)CN(c2ccccc2)S(C)(=O)=O)c1. The van der Waals surface area contributed by atoms with Crippen LogP contribution in [0, 0.1) is 0 Å². The number of sulfonamides is 1. The third-order valence-corrected chi connectivity index (χ3v) is 4.86. The molecule has 26 heavy (non-hydrogen) atoms. The van der Waals surface area contributed by atoms with Crippen molar-refractivity contribution < 1.29 is 22.7 Å². The van der Waals surface area contributed by atoms with Crippen molar-refractivity contribution in [3.63, 3.8) is 0 Å². The summed E-state index contributed by atoms with van der Waals surface area (Å²) in [6.45, 7) is -0.443. The molecule has 0 unspecified atom stereocenters. The first kappa shape index (κ1) is 19.7. The molecule has 0 radical (unpaired) electrons. The number of carbonyl (C=O) groups excluding carboxylic acids is 2. The summed E-state index contributed by atoms with van der Waals surface area (Å²) in [5, 5.41) is 2.72. The summed E-state index contributed by atoms with van der Waals surface area (Å²) in [7, 11) is -2.44. The first-order chi connectivity index (χ1) is 12.2. The molecule has 0 fully saturated rings. The Kier molecular flexibility index (Phi) is 6.23. The Bertz CT molecular complexity index is 916. The Morgan fingerprint density at radius 3 is 2.38 bits per heavy atom. The average molecular weight is 397 g/mol. The first-order valence-electron chi connectivity index (χ1n) is 7.43. The van der Waals surface area contributed by atoms with Gasteiger partial charge in [-0.2, -0.15) is 0 Å². The van der Waals surface area contributed by atoms with Crippen LogP contribution < -0.4 is 9.62 Å². The molecule has 2 rings (SSSR count). The molecular formula is C17H17ClN2O5S. The molecule has 7 nitrogen and oxygen atoms in total.